The highest BCUT2D eigenvalue weighted by atomic mass is 16.5. The van der Waals surface area contributed by atoms with Crippen molar-refractivity contribution in [2.45, 2.75) is 25.9 Å². The molecule has 3 heteroatoms. The lowest BCUT2D eigenvalue weighted by atomic mass is 9.95. The Kier molecular flexibility index (Phi) is 4.11. The van der Waals surface area contributed by atoms with Crippen LogP contribution in [0.15, 0.2) is 42.5 Å². The Morgan fingerprint density at radius 1 is 1.05 bits per heavy atom. The zero-order valence-electron chi connectivity index (χ0n) is 12.2. The predicted molar refractivity (Wildman–Crippen MR) is 81.9 cm³/mol. The molecular formula is C18H20O3. The number of ether oxygens (including phenoxy) is 2. The first kappa shape index (κ1) is 14.0. The Hall–Kier alpha value is -2.00. The van der Waals surface area contributed by atoms with Crippen LogP contribution in [-0.4, -0.2) is 18.3 Å². The smallest absolute Gasteiger partial charge is 0.161 e. The van der Waals surface area contributed by atoms with Crippen LogP contribution in [0.5, 0.6) is 11.5 Å². The van der Waals surface area contributed by atoms with Crippen LogP contribution in [0.2, 0.25) is 0 Å². The molecule has 1 heterocycles. The minimum absolute atomic E-state index is 0.640. The zero-order chi connectivity index (χ0) is 14.7. The SMILES string of the molecule is CCc1ccccc1C(O)c1ccc2c(c1)OCCCO2. The topological polar surface area (TPSA) is 38.7 Å². The summed E-state index contributed by atoms with van der Waals surface area (Å²) in [4.78, 5) is 0. The highest BCUT2D eigenvalue weighted by molar-refractivity contribution is 5.46. The fourth-order valence-corrected chi connectivity index (χ4v) is 2.65. The Labute approximate surface area is 125 Å². The fraction of sp³-hybridized carbons (Fsp3) is 0.333. The predicted octanol–water partition coefficient (Wildman–Crippen LogP) is 3.49. The average Bonchev–Trinajstić information content (AvgIpc) is 2.78. The molecular weight excluding hydrogens is 264 g/mol. The van der Waals surface area contributed by atoms with Crippen LogP contribution in [0, 0.1) is 0 Å². The number of aryl methyl sites for hydroxylation is 1. The molecule has 1 atom stereocenters. The summed E-state index contributed by atoms with van der Waals surface area (Å²) in [6.07, 6.45) is 1.14. The van der Waals surface area contributed by atoms with E-state index >= 15 is 0 Å². The summed E-state index contributed by atoms with van der Waals surface area (Å²) in [5.74, 6) is 1.48. The van der Waals surface area contributed by atoms with E-state index in [4.69, 9.17) is 9.47 Å². The molecule has 3 rings (SSSR count). The van der Waals surface area contributed by atoms with Gasteiger partial charge < -0.3 is 14.6 Å². The molecule has 0 aliphatic carbocycles. The van der Waals surface area contributed by atoms with E-state index in [0.29, 0.717) is 13.2 Å². The lowest BCUT2D eigenvalue weighted by Crippen LogP contribution is -2.04. The van der Waals surface area contributed by atoms with Crippen molar-refractivity contribution in [2.24, 2.45) is 0 Å². The average molecular weight is 284 g/mol. The number of benzene rings is 2. The standard InChI is InChI=1S/C18H20O3/c1-2-13-6-3-4-7-15(13)18(19)14-8-9-16-17(12-14)21-11-5-10-20-16/h3-4,6-9,12,18-19H,2,5,10-11H2,1H3. The molecule has 0 bridgehead atoms. The molecule has 0 radical (unpaired) electrons. The molecule has 0 saturated heterocycles. The Morgan fingerprint density at radius 3 is 2.62 bits per heavy atom. The number of hydrogen-bond donors (Lipinski definition) is 1. The maximum Gasteiger partial charge on any atom is 0.161 e. The zero-order valence-corrected chi connectivity index (χ0v) is 12.2. The molecule has 3 nitrogen and oxygen atoms in total. The van der Waals surface area contributed by atoms with Crippen molar-refractivity contribution in [3.05, 3.63) is 59.2 Å². The van der Waals surface area contributed by atoms with Gasteiger partial charge >= 0.3 is 0 Å². The molecule has 21 heavy (non-hydrogen) atoms. The van der Waals surface area contributed by atoms with Crippen molar-refractivity contribution < 1.29 is 14.6 Å². The van der Waals surface area contributed by atoms with E-state index in [1.165, 1.54) is 0 Å². The van der Waals surface area contributed by atoms with E-state index in [1.807, 2.05) is 36.4 Å². The van der Waals surface area contributed by atoms with Gasteiger partial charge in [-0.2, -0.15) is 0 Å². The van der Waals surface area contributed by atoms with Crippen molar-refractivity contribution in [1.82, 2.24) is 0 Å². The van der Waals surface area contributed by atoms with Crippen molar-refractivity contribution in [3.63, 3.8) is 0 Å². The van der Waals surface area contributed by atoms with Gasteiger partial charge in [0.2, 0.25) is 0 Å². The highest BCUT2D eigenvalue weighted by Crippen LogP contribution is 2.34. The third kappa shape index (κ3) is 2.88. The molecule has 1 aliphatic heterocycles. The summed E-state index contributed by atoms with van der Waals surface area (Å²) < 4.78 is 11.3. The molecule has 2 aromatic carbocycles. The van der Waals surface area contributed by atoms with Crippen LogP contribution in [0.3, 0.4) is 0 Å². The van der Waals surface area contributed by atoms with Crippen molar-refractivity contribution >= 4 is 0 Å². The van der Waals surface area contributed by atoms with Gasteiger partial charge in [0.05, 0.1) is 13.2 Å². The summed E-state index contributed by atoms with van der Waals surface area (Å²) in [7, 11) is 0. The van der Waals surface area contributed by atoms with Gasteiger partial charge in [-0.25, -0.2) is 0 Å². The van der Waals surface area contributed by atoms with Crippen molar-refractivity contribution in [2.75, 3.05) is 13.2 Å². The van der Waals surface area contributed by atoms with Crippen molar-refractivity contribution in [1.29, 1.82) is 0 Å². The van der Waals surface area contributed by atoms with Crippen LogP contribution < -0.4 is 9.47 Å². The third-order valence-corrected chi connectivity index (χ3v) is 3.82. The van der Waals surface area contributed by atoms with Gasteiger partial charge in [0.25, 0.3) is 0 Å². The summed E-state index contributed by atoms with van der Waals surface area (Å²) in [6, 6.07) is 13.7. The highest BCUT2D eigenvalue weighted by Gasteiger charge is 2.17. The lowest BCUT2D eigenvalue weighted by Gasteiger charge is -2.17. The van der Waals surface area contributed by atoms with Crippen LogP contribution in [0.4, 0.5) is 0 Å². The number of fused-ring (bicyclic) bond motifs is 1. The molecule has 110 valence electrons. The normalized spacial score (nSPS) is 15.3. The van der Waals surface area contributed by atoms with E-state index in [2.05, 4.69) is 13.0 Å². The van der Waals surface area contributed by atoms with E-state index in [1.54, 1.807) is 0 Å². The second-order valence-electron chi connectivity index (χ2n) is 5.21. The second kappa shape index (κ2) is 6.19. The van der Waals surface area contributed by atoms with Gasteiger partial charge in [0.1, 0.15) is 6.10 Å². The minimum Gasteiger partial charge on any atom is -0.490 e. The molecule has 0 spiro atoms. The largest absolute Gasteiger partial charge is 0.490 e. The first-order valence-electron chi connectivity index (χ1n) is 7.45. The molecule has 1 N–H and O–H groups in total. The molecule has 1 unspecified atom stereocenters. The molecule has 2 aromatic rings. The summed E-state index contributed by atoms with van der Waals surface area (Å²) >= 11 is 0. The fourth-order valence-electron chi connectivity index (χ4n) is 2.65. The first-order valence-corrected chi connectivity index (χ1v) is 7.45. The van der Waals surface area contributed by atoms with Gasteiger partial charge in [-0.1, -0.05) is 37.3 Å². The summed E-state index contributed by atoms with van der Waals surface area (Å²) in [5, 5.41) is 10.7. The van der Waals surface area contributed by atoms with Crippen LogP contribution in [0.25, 0.3) is 0 Å². The van der Waals surface area contributed by atoms with Crippen LogP contribution >= 0.6 is 0 Å². The van der Waals surface area contributed by atoms with E-state index in [9.17, 15) is 5.11 Å². The molecule has 0 fully saturated rings. The van der Waals surface area contributed by atoms with E-state index < -0.39 is 6.10 Å². The monoisotopic (exact) mass is 284 g/mol. The van der Waals surface area contributed by atoms with Gasteiger partial charge in [-0.05, 0) is 35.2 Å². The maximum absolute atomic E-state index is 10.7. The van der Waals surface area contributed by atoms with Gasteiger partial charge in [-0.3, -0.25) is 0 Å². The molecule has 0 saturated carbocycles. The first-order chi connectivity index (χ1) is 10.3. The van der Waals surface area contributed by atoms with E-state index in [0.717, 1.165) is 41.0 Å². The lowest BCUT2D eigenvalue weighted by molar-refractivity contribution is 0.218. The van der Waals surface area contributed by atoms with Crippen molar-refractivity contribution in [3.8, 4) is 11.5 Å². The summed E-state index contributed by atoms with van der Waals surface area (Å²) in [5.41, 5.74) is 2.95. The Morgan fingerprint density at radius 2 is 1.81 bits per heavy atom. The number of hydrogen-bond acceptors (Lipinski definition) is 3. The van der Waals surface area contributed by atoms with Gasteiger partial charge in [0, 0.05) is 6.42 Å². The van der Waals surface area contributed by atoms with Crippen LogP contribution in [0.1, 0.15) is 36.1 Å². The second-order valence-corrected chi connectivity index (χ2v) is 5.21. The van der Waals surface area contributed by atoms with Crippen LogP contribution in [-0.2, 0) is 6.42 Å². The maximum atomic E-state index is 10.7. The number of aliphatic hydroxyl groups is 1. The summed E-state index contributed by atoms with van der Waals surface area (Å²) in [6.45, 7) is 3.42. The quantitative estimate of drug-likeness (QED) is 0.937. The molecule has 0 amide bonds. The molecule has 0 aromatic heterocycles. The van der Waals surface area contributed by atoms with Gasteiger partial charge in [-0.15, -0.1) is 0 Å². The molecule has 1 aliphatic rings. The number of rotatable bonds is 3. The van der Waals surface area contributed by atoms with E-state index in [-0.39, 0.29) is 0 Å². The number of aliphatic hydroxyl groups excluding tert-OH is 1. The Bertz CT molecular complexity index is 622. The Balaban J connectivity index is 1.94. The van der Waals surface area contributed by atoms with Gasteiger partial charge in [0.15, 0.2) is 11.5 Å². The third-order valence-electron chi connectivity index (χ3n) is 3.82. The minimum atomic E-state index is -0.640.